The maximum Gasteiger partial charge on any atom is 0.0679 e. The first kappa shape index (κ1) is 12.3. The Balaban J connectivity index is 1.81. The molecule has 0 radical (unpaired) electrons. The zero-order chi connectivity index (χ0) is 11.8. The Morgan fingerprint density at radius 2 is 1.62 bits per heavy atom. The molecule has 2 aliphatic rings. The summed E-state index contributed by atoms with van der Waals surface area (Å²) in [5.74, 6) is 0. The number of piperidine rings is 1. The van der Waals surface area contributed by atoms with Gasteiger partial charge in [-0.15, -0.1) is 0 Å². The lowest BCUT2D eigenvalue weighted by atomic mass is 9.97. The predicted octanol–water partition coefficient (Wildman–Crippen LogP) is 1.32. The van der Waals surface area contributed by atoms with Crippen LogP contribution in [-0.2, 0) is 0 Å². The van der Waals surface area contributed by atoms with E-state index in [0.717, 1.165) is 25.6 Å². The van der Waals surface area contributed by atoms with E-state index in [1.54, 1.807) is 0 Å². The number of aliphatic hydroxyl groups is 1. The summed E-state index contributed by atoms with van der Waals surface area (Å²) in [7, 11) is 0. The highest BCUT2D eigenvalue weighted by Crippen LogP contribution is 2.25. The summed E-state index contributed by atoms with van der Waals surface area (Å²) >= 11 is 0. The minimum absolute atomic E-state index is 0.0688. The van der Waals surface area contributed by atoms with E-state index in [1.807, 2.05) is 0 Å². The molecular weight excluding hydrogens is 200 g/mol. The van der Waals surface area contributed by atoms with E-state index in [0.29, 0.717) is 5.54 Å². The molecular formula is C13H26N2O. The minimum Gasteiger partial charge on any atom is -0.392 e. The fourth-order valence-electron chi connectivity index (χ4n) is 3.00. The van der Waals surface area contributed by atoms with Gasteiger partial charge < -0.3 is 5.11 Å². The van der Waals surface area contributed by atoms with Crippen LogP contribution in [0.3, 0.4) is 0 Å². The smallest absolute Gasteiger partial charge is 0.0679 e. The Morgan fingerprint density at radius 1 is 1.00 bits per heavy atom. The van der Waals surface area contributed by atoms with Gasteiger partial charge in [0.15, 0.2) is 0 Å². The van der Waals surface area contributed by atoms with Crippen LogP contribution in [0.1, 0.15) is 40.0 Å². The van der Waals surface area contributed by atoms with E-state index < -0.39 is 0 Å². The number of β-amino-alcohol motifs (C(OH)–C–C–N with tert-alkyl or cyclic N) is 1. The first-order valence-corrected chi connectivity index (χ1v) is 6.64. The third kappa shape index (κ3) is 2.76. The molecule has 2 aliphatic heterocycles. The van der Waals surface area contributed by atoms with Crippen LogP contribution >= 0.6 is 0 Å². The predicted molar refractivity (Wildman–Crippen MR) is 66.5 cm³/mol. The molecule has 2 heterocycles. The highest BCUT2D eigenvalue weighted by Gasteiger charge is 2.32. The van der Waals surface area contributed by atoms with Gasteiger partial charge >= 0.3 is 0 Å². The van der Waals surface area contributed by atoms with Gasteiger partial charge in [-0.2, -0.15) is 0 Å². The topological polar surface area (TPSA) is 26.7 Å². The summed E-state index contributed by atoms with van der Waals surface area (Å²) < 4.78 is 0. The molecule has 0 aromatic rings. The lowest BCUT2D eigenvalue weighted by molar-refractivity contribution is 0.0594. The fourth-order valence-corrected chi connectivity index (χ4v) is 3.00. The van der Waals surface area contributed by atoms with Crippen molar-refractivity contribution in [2.24, 2.45) is 0 Å². The summed E-state index contributed by atoms with van der Waals surface area (Å²) in [5, 5.41) is 9.56. The number of likely N-dealkylation sites (tertiary alicyclic amines) is 2. The van der Waals surface area contributed by atoms with Crippen molar-refractivity contribution in [3.05, 3.63) is 0 Å². The van der Waals surface area contributed by atoms with E-state index in [9.17, 15) is 5.11 Å². The lowest BCUT2D eigenvalue weighted by Gasteiger charge is -2.43. The molecule has 0 amide bonds. The van der Waals surface area contributed by atoms with Gasteiger partial charge in [-0.25, -0.2) is 0 Å². The molecule has 16 heavy (non-hydrogen) atoms. The second-order valence-corrected chi connectivity index (χ2v) is 6.33. The number of hydrogen-bond acceptors (Lipinski definition) is 3. The van der Waals surface area contributed by atoms with Crippen molar-refractivity contribution in [1.82, 2.24) is 9.80 Å². The van der Waals surface area contributed by atoms with Gasteiger partial charge in [0.25, 0.3) is 0 Å². The van der Waals surface area contributed by atoms with E-state index in [4.69, 9.17) is 0 Å². The molecule has 0 aliphatic carbocycles. The van der Waals surface area contributed by atoms with Crippen molar-refractivity contribution in [1.29, 1.82) is 0 Å². The zero-order valence-electron chi connectivity index (χ0n) is 10.9. The summed E-state index contributed by atoms with van der Waals surface area (Å²) in [6.07, 6.45) is 3.44. The number of nitrogens with zero attached hydrogens (tertiary/aromatic N) is 2. The van der Waals surface area contributed by atoms with Crippen molar-refractivity contribution >= 4 is 0 Å². The SMILES string of the molecule is CC(C)(C)N1CCC(N2CCC(O)C2)CC1. The second-order valence-electron chi connectivity index (χ2n) is 6.33. The van der Waals surface area contributed by atoms with E-state index in [2.05, 4.69) is 30.6 Å². The molecule has 0 saturated carbocycles. The molecule has 3 heteroatoms. The molecule has 2 fully saturated rings. The summed E-state index contributed by atoms with van der Waals surface area (Å²) in [6, 6.07) is 0.718. The van der Waals surface area contributed by atoms with Crippen molar-refractivity contribution in [3.63, 3.8) is 0 Å². The van der Waals surface area contributed by atoms with Gasteiger partial charge in [0.1, 0.15) is 0 Å². The van der Waals surface area contributed by atoms with Gasteiger partial charge in [0, 0.05) is 37.8 Å². The third-order valence-corrected chi connectivity index (χ3v) is 4.12. The van der Waals surface area contributed by atoms with Gasteiger partial charge in [0.2, 0.25) is 0 Å². The maximum atomic E-state index is 9.56. The Hall–Kier alpha value is -0.120. The van der Waals surface area contributed by atoms with Crippen molar-refractivity contribution < 1.29 is 5.11 Å². The van der Waals surface area contributed by atoms with Crippen LogP contribution < -0.4 is 0 Å². The van der Waals surface area contributed by atoms with E-state index in [1.165, 1.54) is 25.9 Å². The highest BCUT2D eigenvalue weighted by atomic mass is 16.3. The van der Waals surface area contributed by atoms with Crippen LogP contribution in [0, 0.1) is 0 Å². The standard InChI is InChI=1S/C13H26N2O/c1-13(2,3)15-8-4-11(5-9-15)14-7-6-12(16)10-14/h11-12,16H,4-10H2,1-3H3. The zero-order valence-corrected chi connectivity index (χ0v) is 10.9. The number of rotatable bonds is 1. The molecule has 1 unspecified atom stereocenters. The van der Waals surface area contributed by atoms with Crippen LogP contribution in [0.5, 0.6) is 0 Å². The molecule has 0 bridgehead atoms. The Bertz CT molecular complexity index is 229. The highest BCUT2D eigenvalue weighted by molar-refractivity contribution is 4.88. The summed E-state index contributed by atoms with van der Waals surface area (Å²) in [5.41, 5.74) is 0.315. The molecule has 0 aromatic carbocycles. The summed E-state index contributed by atoms with van der Waals surface area (Å²) in [4.78, 5) is 5.07. The van der Waals surface area contributed by atoms with Gasteiger partial charge in [-0.3, -0.25) is 9.80 Å². The van der Waals surface area contributed by atoms with Crippen LogP contribution in [0.4, 0.5) is 0 Å². The molecule has 3 nitrogen and oxygen atoms in total. The van der Waals surface area contributed by atoms with Crippen molar-refractivity contribution in [2.45, 2.75) is 57.7 Å². The Morgan fingerprint density at radius 3 is 2.06 bits per heavy atom. The lowest BCUT2D eigenvalue weighted by Crippen LogP contribution is -2.50. The average Bonchev–Trinajstić information content (AvgIpc) is 2.64. The van der Waals surface area contributed by atoms with Gasteiger partial charge in [-0.1, -0.05) is 0 Å². The normalized spacial score (nSPS) is 31.1. The maximum absolute atomic E-state index is 9.56. The molecule has 2 saturated heterocycles. The molecule has 0 spiro atoms. The second kappa shape index (κ2) is 4.63. The van der Waals surface area contributed by atoms with Crippen LogP contribution in [0.2, 0.25) is 0 Å². The van der Waals surface area contributed by atoms with Crippen molar-refractivity contribution in [2.75, 3.05) is 26.2 Å². The minimum atomic E-state index is -0.0688. The molecule has 1 N–H and O–H groups in total. The monoisotopic (exact) mass is 226 g/mol. The fraction of sp³-hybridized carbons (Fsp3) is 1.00. The molecule has 0 aromatic heterocycles. The Kier molecular flexibility index (Phi) is 3.57. The Labute approximate surface area is 99.4 Å². The van der Waals surface area contributed by atoms with Crippen LogP contribution in [0.15, 0.2) is 0 Å². The van der Waals surface area contributed by atoms with Crippen LogP contribution in [-0.4, -0.2) is 58.8 Å². The first-order chi connectivity index (χ1) is 7.47. The van der Waals surface area contributed by atoms with Gasteiger partial charge in [0.05, 0.1) is 6.10 Å². The number of hydrogen-bond donors (Lipinski definition) is 1. The molecule has 2 rings (SSSR count). The quantitative estimate of drug-likeness (QED) is 0.730. The largest absolute Gasteiger partial charge is 0.392 e. The van der Waals surface area contributed by atoms with Crippen LogP contribution in [0.25, 0.3) is 0 Å². The van der Waals surface area contributed by atoms with E-state index in [-0.39, 0.29) is 6.10 Å². The molecule has 1 atom stereocenters. The average molecular weight is 226 g/mol. The number of aliphatic hydroxyl groups excluding tert-OH is 1. The van der Waals surface area contributed by atoms with E-state index >= 15 is 0 Å². The first-order valence-electron chi connectivity index (χ1n) is 6.64. The molecule has 94 valence electrons. The third-order valence-electron chi connectivity index (χ3n) is 4.12. The van der Waals surface area contributed by atoms with Crippen molar-refractivity contribution in [3.8, 4) is 0 Å². The summed E-state index contributed by atoms with van der Waals surface area (Å²) in [6.45, 7) is 11.3. The van der Waals surface area contributed by atoms with Gasteiger partial charge in [-0.05, 0) is 40.0 Å².